The van der Waals surface area contributed by atoms with Crippen LogP contribution < -0.4 is 11.5 Å². The van der Waals surface area contributed by atoms with Crippen LogP contribution in [0.25, 0.3) is 0 Å². The van der Waals surface area contributed by atoms with Crippen LogP contribution in [0.15, 0.2) is 0 Å². The predicted octanol–water partition coefficient (Wildman–Crippen LogP) is -2.44. The average molecular weight is 217 g/mol. The van der Waals surface area contributed by atoms with Gasteiger partial charge in [0.25, 0.3) is 0 Å². The summed E-state index contributed by atoms with van der Waals surface area (Å²) in [6.07, 6.45) is 0.323. The van der Waals surface area contributed by atoms with Crippen molar-refractivity contribution in [1.82, 2.24) is 4.90 Å². The second-order valence-electron chi connectivity index (χ2n) is 3.01. The van der Waals surface area contributed by atoms with Crippen LogP contribution in [0.4, 0.5) is 0 Å². The number of hydrogen-bond acceptors (Lipinski definition) is 4. The fraction of sp³-hybridized carbons (Fsp3) is 0.625. The topological polar surface area (TPSA) is 127 Å². The van der Waals surface area contributed by atoms with Crippen LogP contribution in [-0.2, 0) is 14.4 Å². The molecule has 7 nitrogen and oxygen atoms in total. The second kappa shape index (κ2) is 6.77. The largest absolute Gasteiger partial charge is 0.396 e. The minimum Gasteiger partial charge on any atom is -0.396 e. The molecule has 0 aromatic rings. The molecule has 0 heterocycles. The summed E-state index contributed by atoms with van der Waals surface area (Å²) in [6.45, 7) is -0.812. The van der Waals surface area contributed by atoms with Crippen LogP contribution in [0.2, 0.25) is 0 Å². The zero-order valence-electron chi connectivity index (χ0n) is 8.31. The van der Waals surface area contributed by atoms with Crippen molar-refractivity contribution in [3.8, 4) is 0 Å². The summed E-state index contributed by atoms with van der Waals surface area (Å²) >= 11 is 0. The maximum atomic E-state index is 11.4. The number of nitrogens with two attached hydrogens (primary N) is 2. The van der Waals surface area contributed by atoms with E-state index in [9.17, 15) is 14.4 Å². The van der Waals surface area contributed by atoms with Crippen molar-refractivity contribution in [2.75, 3.05) is 19.7 Å². The van der Waals surface area contributed by atoms with Crippen LogP contribution in [0.3, 0.4) is 0 Å². The Morgan fingerprint density at radius 3 is 1.87 bits per heavy atom. The van der Waals surface area contributed by atoms with E-state index in [1.54, 1.807) is 0 Å². The van der Waals surface area contributed by atoms with Crippen molar-refractivity contribution in [3.05, 3.63) is 0 Å². The van der Waals surface area contributed by atoms with Gasteiger partial charge in [-0.25, -0.2) is 0 Å². The molecular weight excluding hydrogens is 202 g/mol. The second-order valence-corrected chi connectivity index (χ2v) is 3.01. The van der Waals surface area contributed by atoms with Gasteiger partial charge in [-0.1, -0.05) is 0 Å². The van der Waals surface area contributed by atoms with Crippen LogP contribution in [0.5, 0.6) is 0 Å². The molecule has 0 bridgehead atoms. The lowest BCUT2D eigenvalue weighted by Crippen LogP contribution is -2.43. The minimum atomic E-state index is -0.714. The maximum Gasteiger partial charge on any atom is 0.237 e. The molecule has 0 aliphatic heterocycles. The van der Waals surface area contributed by atoms with Crippen LogP contribution in [0.1, 0.15) is 12.8 Å². The number of rotatable bonds is 7. The summed E-state index contributed by atoms with van der Waals surface area (Å²) in [4.78, 5) is 33.5. The quantitative estimate of drug-likeness (QED) is 0.437. The Morgan fingerprint density at radius 1 is 1.07 bits per heavy atom. The van der Waals surface area contributed by atoms with E-state index in [2.05, 4.69) is 0 Å². The number of nitrogens with zero attached hydrogens (tertiary/aromatic N) is 1. The minimum absolute atomic E-state index is 0.0526. The molecule has 0 aromatic heterocycles. The van der Waals surface area contributed by atoms with Gasteiger partial charge in [-0.05, 0) is 6.42 Å². The van der Waals surface area contributed by atoms with Crippen molar-refractivity contribution < 1.29 is 19.5 Å². The van der Waals surface area contributed by atoms with E-state index >= 15 is 0 Å². The summed E-state index contributed by atoms with van der Waals surface area (Å²) in [6, 6.07) is 0. The zero-order valence-corrected chi connectivity index (χ0v) is 8.31. The lowest BCUT2D eigenvalue weighted by atomic mass is 10.2. The normalized spacial score (nSPS) is 9.67. The molecule has 3 amide bonds. The molecule has 0 radical (unpaired) electrons. The summed E-state index contributed by atoms with van der Waals surface area (Å²) in [7, 11) is 0. The molecule has 0 atom stereocenters. The molecule has 0 saturated heterocycles. The van der Waals surface area contributed by atoms with Crippen molar-refractivity contribution in [1.29, 1.82) is 0 Å². The number of aliphatic hydroxyl groups is 1. The van der Waals surface area contributed by atoms with Crippen molar-refractivity contribution in [3.63, 3.8) is 0 Å². The highest BCUT2D eigenvalue weighted by Gasteiger charge is 2.16. The standard InChI is InChI=1S/C8H15N3O4/c9-6(13)4-11(5-7(10)14)8(15)2-1-3-12/h12H,1-5H2,(H2,9,13)(H2,10,14). The fourth-order valence-corrected chi connectivity index (χ4v) is 0.997. The van der Waals surface area contributed by atoms with Crippen molar-refractivity contribution in [2.24, 2.45) is 11.5 Å². The molecule has 5 N–H and O–H groups in total. The molecule has 86 valence electrons. The van der Waals surface area contributed by atoms with E-state index in [1.807, 2.05) is 0 Å². The van der Waals surface area contributed by atoms with Gasteiger partial charge in [0.1, 0.15) is 0 Å². The molecule has 15 heavy (non-hydrogen) atoms. The molecule has 0 aliphatic carbocycles. The van der Waals surface area contributed by atoms with Gasteiger partial charge in [0, 0.05) is 13.0 Å². The van der Waals surface area contributed by atoms with Crippen molar-refractivity contribution in [2.45, 2.75) is 12.8 Å². The monoisotopic (exact) mass is 217 g/mol. The molecule has 0 unspecified atom stereocenters. The first-order valence-electron chi connectivity index (χ1n) is 4.42. The average Bonchev–Trinajstić information content (AvgIpc) is 2.11. The Kier molecular flexibility index (Phi) is 6.03. The van der Waals surface area contributed by atoms with Gasteiger partial charge < -0.3 is 21.5 Å². The van der Waals surface area contributed by atoms with Gasteiger partial charge in [0.2, 0.25) is 17.7 Å². The Bertz CT molecular complexity index is 238. The van der Waals surface area contributed by atoms with Gasteiger partial charge in [-0.2, -0.15) is 0 Å². The zero-order chi connectivity index (χ0) is 11.8. The van der Waals surface area contributed by atoms with E-state index in [1.165, 1.54) is 0 Å². The first-order valence-corrected chi connectivity index (χ1v) is 4.42. The third kappa shape index (κ3) is 6.44. The first-order chi connectivity index (χ1) is 6.97. The van der Waals surface area contributed by atoms with Gasteiger partial charge in [0.15, 0.2) is 0 Å². The van der Waals surface area contributed by atoms with E-state index in [4.69, 9.17) is 16.6 Å². The number of carbonyl (C=O) groups is 3. The molecule has 0 saturated carbocycles. The molecule has 7 heteroatoms. The maximum absolute atomic E-state index is 11.4. The van der Waals surface area contributed by atoms with Gasteiger partial charge >= 0.3 is 0 Å². The third-order valence-corrected chi connectivity index (χ3v) is 1.59. The predicted molar refractivity (Wildman–Crippen MR) is 51.3 cm³/mol. The Labute approximate surface area is 87.0 Å². The van der Waals surface area contributed by atoms with E-state index in [0.717, 1.165) is 4.90 Å². The molecule has 0 fully saturated rings. The highest BCUT2D eigenvalue weighted by molar-refractivity contribution is 5.87. The van der Waals surface area contributed by atoms with Gasteiger partial charge in [-0.15, -0.1) is 0 Å². The van der Waals surface area contributed by atoms with Crippen LogP contribution in [-0.4, -0.2) is 47.4 Å². The Balaban J connectivity index is 4.26. The molecule has 0 rings (SSSR count). The number of carbonyl (C=O) groups excluding carboxylic acids is 3. The number of aliphatic hydroxyl groups excluding tert-OH is 1. The van der Waals surface area contributed by atoms with Crippen LogP contribution >= 0.6 is 0 Å². The number of primary amides is 2. The molecule has 0 aromatic carbocycles. The highest BCUT2D eigenvalue weighted by atomic mass is 16.3. The Morgan fingerprint density at radius 2 is 1.53 bits per heavy atom. The molecule has 0 aliphatic rings. The van der Waals surface area contributed by atoms with Gasteiger partial charge in [0.05, 0.1) is 13.1 Å². The fourth-order valence-electron chi connectivity index (χ4n) is 0.997. The van der Waals surface area contributed by atoms with Crippen molar-refractivity contribution >= 4 is 17.7 Å². The summed E-state index contributed by atoms with van der Waals surface area (Å²) in [5.41, 5.74) is 9.80. The summed E-state index contributed by atoms with van der Waals surface area (Å²) in [5, 5.41) is 8.51. The third-order valence-electron chi connectivity index (χ3n) is 1.59. The van der Waals surface area contributed by atoms with Crippen LogP contribution in [0, 0.1) is 0 Å². The number of hydrogen-bond donors (Lipinski definition) is 3. The number of amides is 3. The summed E-state index contributed by atoms with van der Waals surface area (Å²) in [5.74, 6) is -1.86. The first kappa shape index (κ1) is 13.4. The Hall–Kier alpha value is -1.63. The molecular formula is C8H15N3O4. The van der Waals surface area contributed by atoms with Gasteiger partial charge in [-0.3, -0.25) is 14.4 Å². The highest BCUT2D eigenvalue weighted by Crippen LogP contribution is 1.97. The smallest absolute Gasteiger partial charge is 0.237 e. The van der Waals surface area contributed by atoms with E-state index in [0.29, 0.717) is 0 Å². The SMILES string of the molecule is NC(=O)CN(CC(N)=O)C(=O)CCCO. The van der Waals surface area contributed by atoms with E-state index < -0.39 is 17.7 Å². The lowest BCUT2D eigenvalue weighted by molar-refractivity contribution is -0.138. The van der Waals surface area contributed by atoms with E-state index in [-0.39, 0.29) is 32.5 Å². The summed E-state index contributed by atoms with van der Waals surface area (Å²) < 4.78 is 0. The lowest BCUT2D eigenvalue weighted by Gasteiger charge is -2.18. The molecule has 0 spiro atoms.